The average Bonchev–Trinajstić information content (AvgIpc) is 2.52. The fraction of sp³-hybridized carbons (Fsp3) is 0.429. The lowest BCUT2D eigenvalue weighted by molar-refractivity contribution is 0.309. The fourth-order valence-electron chi connectivity index (χ4n) is 2.76. The van der Waals surface area contributed by atoms with Crippen LogP contribution >= 0.6 is 11.6 Å². The SMILES string of the molecule is CCCCOc1cc(C)c(Cc2ccc(O)c(C(C)C)c2)c(Cl)c1. The number of aryl methyl sites for hydroxylation is 1. The lowest BCUT2D eigenvalue weighted by atomic mass is 9.95. The van der Waals surface area contributed by atoms with Crippen molar-refractivity contribution in [3.05, 3.63) is 57.6 Å². The second kappa shape index (κ2) is 8.43. The third kappa shape index (κ3) is 4.67. The molecule has 0 radical (unpaired) electrons. The van der Waals surface area contributed by atoms with Crippen molar-refractivity contribution in [2.75, 3.05) is 6.61 Å². The molecule has 2 aromatic carbocycles. The Morgan fingerprint density at radius 2 is 1.92 bits per heavy atom. The molecule has 0 atom stereocenters. The number of ether oxygens (including phenoxy) is 1. The number of unbranched alkanes of at least 4 members (excludes halogenated alkanes) is 1. The number of rotatable bonds is 7. The summed E-state index contributed by atoms with van der Waals surface area (Å²) in [7, 11) is 0. The molecular formula is C21H27ClO2. The predicted octanol–water partition coefficient (Wildman–Crippen LogP) is 6.25. The summed E-state index contributed by atoms with van der Waals surface area (Å²) in [5.41, 5.74) is 4.37. The van der Waals surface area contributed by atoms with E-state index in [0.717, 1.165) is 58.9 Å². The van der Waals surface area contributed by atoms with Crippen LogP contribution in [0.5, 0.6) is 11.5 Å². The number of hydrogen-bond acceptors (Lipinski definition) is 2. The van der Waals surface area contributed by atoms with Gasteiger partial charge in [-0.25, -0.2) is 0 Å². The Balaban J connectivity index is 2.22. The molecule has 0 aliphatic rings. The largest absolute Gasteiger partial charge is 0.508 e. The molecule has 0 bridgehead atoms. The van der Waals surface area contributed by atoms with E-state index in [0.29, 0.717) is 5.75 Å². The molecule has 0 heterocycles. The summed E-state index contributed by atoms with van der Waals surface area (Å²) in [6, 6.07) is 9.77. The Labute approximate surface area is 150 Å². The van der Waals surface area contributed by atoms with E-state index >= 15 is 0 Å². The maximum atomic E-state index is 9.98. The van der Waals surface area contributed by atoms with Gasteiger partial charge in [-0.15, -0.1) is 0 Å². The van der Waals surface area contributed by atoms with Gasteiger partial charge in [0, 0.05) is 5.02 Å². The number of aromatic hydroxyl groups is 1. The molecule has 0 aliphatic heterocycles. The normalized spacial score (nSPS) is 11.1. The highest BCUT2D eigenvalue weighted by atomic mass is 35.5. The van der Waals surface area contributed by atoms with Crippen LogP contribution in [0.3, 0.4) is 0 Å². The highest BCUT2D eigenvalue weighted by molar-refractivity contribution is 6.31. The zero-order valence-electron chi connectivity index (χ0n) is 15.0. The molecule has 24 heavy (non-hydrogen) atoms. The van der Waals surface area contributed by atoms with Crippen molar-refractivity contribution < 1.29 is 9.84 Å². The van der Waals surface area contributed by atoms with Gasteiger partial charge < -0.3 is 9.84 Å². The Bertz CT molecular complexity index is 669. The molecule has 130 valence electrons. The van der Waals surface area contributed by atoms with Crippen LogP contribution in [0.25, 0.3) is 0 Å². The first-order valence-corrected chi connectivity index (χ1v) is 9.03. The van der Waals surface area contributed by atoms with Crippen LogP contribution < -0.4 is 4.74 Å². The minimum Gasteiger partial charge on any atom is -0.508 e. The first-order chi connectivity index (χ1) is 11.4. The standard InChI is InChI=1S/C21H27ClO2/c1-5-6-9-24-17-10-15(4)19(20(22)13-17)12-16-7-8-21(23)18(11-16)14(2)3/h7-8,10-11,13-14,23H,5-6,9,12H2,1-4H3. The highest BCUT2D eigenvalue weighted by Crippen LogP contribution is 2.31. The molecule has 0 amide bonds. The molecule has 0 saturated carbocycles. The topological polar surface area (TPSA) is 29.5 Å². The fourth-order valence-corrected chi connectivity index (χ4v) is 3.09. The number of halogens is 1. The van der Waals surface area contributed by atoms with Crippen molar-refractivity contribution in [3.63, 3.8) is 0 Å². The maximum Gasteiger partial charge on any atom is 0.121 e. The summed E-state index contributed by atoms with van der Waals surface area (Å²) in [4.78, 5) is 0. The van der Waals surface area contributed by atoms with Gasteiger partial charge in [-0.1, -0.05) is 50.9 Å². The lowest BCUT2D eigenvalue weighted by Gasteiger charge is -2.14. The van der Waals surface area contributed by atoms with Crippen molar-refractivity contribution in [3.8, 4) is 11.5 Å². The van der Waals surface area contributed by atoms with Crippen LogP contribution in [0, 0.1) is 6.92 Å². The van der Waals surface area contributed by atoms with Crippen molar-refractivity contribution in [2.24, 2.45) is 0 Å². The molecule has 0 saturated heterocycles. The van der Waals surface area contributed by atoms with E-state index in [4.69, 9.17) is 16.3 Å². The van der Waals surface area contributed by atoms with Crippen LogP contribution in [0.2, 0.25) is 5.02 Å². The Kier molecular flexibility index (Phi) is 6.56. The highest BCUT2D eigenvalue weighted by Gasteiger charge is 2.11. The average molecular weight is 347 g/mol. The smallest absolute Gasteiger partial charge is 0.121 e. The van der Waals surface area contributed by atoms with Crippen LogP contribution in [0.4, 0.5) is 0 Å². The summed E-state index contributed by atoms with van der Waals surface area (Å²) in [6.07, 6.45) is 2.91. The predicted molar refractivity (Wildman–Crippen MR) is 102 cm³/mol. The third-order valence-corrected chi connectivity index (χ3v) is 4.59. The molecule has 3 heteroatoms. The van der Waals surface area contributed by atoms with Gasteiger partial charge in [0.05, 0.1) is 6.61 Å². The van der Waals surface area contributed by atoms with Crippen LogP contribution in [-0.2, 0) is 6.42 Å². The van der Waals surface area contributed by atoms with E-state index in [-0.39, 0.29) is 5.92 Å². The van der Waals surface area contributed by atoms with E-state index < -0.39 is 0 Å². The van der Waals surface area contributed by atoms with Gasteiger partial charge in [0.1, 0.15) is 11.5 Å². The maximum absolute atomic E-state index is 9.98. The number of hydrogen-bond donors (Lipinski definition) is 1. The van der Waals surface area contributed by atoms with Crippen molar-refractivity contribution in [2.45, 2.75) is 52.9 Å². The summed E-state index contributed by atoms with van der Waals surface area (Å²) in [5.74, 6) is 1.48. The zero-order chi connectivity index (χ0) is 17.7. The van der Waals surface area contributed by atoms with Crippen LogP contribution in [-0.4, -0.2) is 11.7 Å². The van der Waals surface area contributed by atoms with E-state index in [2.05, 4.69) is 39.8 Å². The third-order valence-electron chi connectivity index (χ3n) is 4.25. The van der Waals surface area contributed by atoms with Gasteiger partial charge in [0.15, 0.2) is 0 Å². The number of phenols is 1. The van der Waals surface area contributed by atoms with Gasteiger partial charge in [0.2, 0.25) is 0 Å². The summed E-state index contributed by atoms with van der Waals surface area (Å²) < 4.78 is 5.76. The minimum atomic E-state index is 0.288. The van der Waals surface area contributed by atoms with Gasteiger partial charge in [-0.3, -0.25) is 0 Å². The molecule has 2 rings (SSSR count). The molecule has 2 nitrogen and oxygen atoms in total. The summed E-state index contributed by atoms with van der Waals surface area (Å²) in [5, 5.41) is 10.7. The molecule has 0 fully saturated rings. The van der Waals surface area contributed by atoms with Crippen molar-refractivity contribution in [1.29, 1.82) is 0 Å². The Morgan fingerprint density at radius 3 is 2.54 bits per heavy atom. The van der Waals surface area contributed by atoms with Crippen LogP contribution in [0.1, 0.15) is 61.8 Å². The first kappa shape index (κ1) is 18.7. The molecule has 0 aliphatic carbocycles. The monoisotopic (exact) mass is 346 g/mol. The number of benzene rings is 2. The van der Waals surface area contributed by atoms with Gasteiger partial charge in [0.25, 0.3) is 0 Å². The van der Waals surface area contributed by atoms with Crippen LogP contribution in [0.15, 0.2) is 30.3 Å². The van der Waals surface area contributed by atoms with Gasteiger partial charge >= 0.3 is 0 Å². The molecule has 1 N–H and O–H groups in total. The van der Waals surface area contributed by atoms with E-state index in [1.165, 1.54) is 0 Å². The Morgan fingerprint density at radius 1 is 1.17 bits per heavy atom. The molecule has 0 aromatic heterocycles. The van der Waals surface area contributed by atoms with Gasteiger partial charge in [-0.2, -0.15) is 0 Å². The molecule has 0 unspecified atom stereocenters. The first-order valence-electron chi connectivity index (χ1n) is 8.66. The number of phenolic OH excluding ortho intramolecular Hbond substituents is 1. The minimum absolute atomic E-state index is 0.288. The van der Waals surface area contributed by atoms with Crippen molar-refractivity contribution >= 4 is 11.6 Å². The quantitative estimate of drug-likeness (QED) is 0.600. The van der Waals surface area contributed by atoms with E-state index in [1.807, 2.05) is 12.1 Å². The second-order valence-electron chi connectivity index (χ2n) is 6.63. The van der Waals surface area contributed by atoms with E-state index in [1.54, 1.807) is 6.07 Å². The Hall–Kier alpha value is -1.67. The lowest BCUT2D eigenvalue weighted by Crippen LogP contribution is -2.00. The molecule has 2 aromatic rings. The van der Waals surface area contributed by atoms with E-state index in [9.17, 15) is 5.11 Å². The summed E-state index contributed by atoms with van der Waals surface area (Å²) in [6.45, 7) is 9.10. The molecule has 0 spiro atoms. The van der Waals surface area contributed by atoms with Crippen molar-refractivity contribution in [1.82, 2.24) is 0 Å². The molecular weight excluding hydrogens is 320 g/mol. The van der Waals surface area contributed by atoms with Gasteiger partial charge in [-0.05, 0) is 66.1 Å². The second-order valence-corrected chi connectivity index (χ2v) is 7.03. The summed E-state index contributed by atoms with van der Waals surface area (Å²) >= 11 is 6.50. The zero-order valence-corrected chi connectivity index (χ0v) is 15.8.